The molecule has 142 valence electrons. The van der Waals surface area contributed by atoms with Crippen LogP contribution in [0.3, 0.4) is 0 Å². The number of hydrazone groups is 1. The molecule has 2 N–H and O–H groups in total. The predicted octanol–water partition coefficient (Wildman–Crippen LogP) is 3.84. The van der Waals surface area contributed by atoms with Gasteiger partial charge in [0.1, 0.15) is 10.6 Å². The Morgan fingerprint density at radius 2 is 1.93 bits per heavy atom. The Bertz CT molecular complexity index is 967. The van der Waals surface area contributed by atoms with Crippen LogP contribution in [-0.4, -0.2) is 24.6 Å². The third-order valence-corrected chi connectivity index (χ3v) is 4.55. The molecule has 0 fully saturated rings. The third kappa shape index (κ3) is 5.78. The van der Waals surface area contributed by atoms with Gasteiger partial charge < -0.3 is 10.1 Å². The minimum atomic E-state index is -0.403. The van der Waals surface area contributed by atoms with Crippen LogP contribution < -0.4 is 15.5 Å². The van der Waals surface area contributed by atoms with Gasteiger partial charge in [-0.3, -0.25) is 4.79 Å². The number of hydrogen-bond acceptors (Lipinski definition) is 6. The van der Waals surface area contributed by atoms with Crippen molar-refractivity contribution >= 4 is 35.1 Å². The fraction of sp³-hybridized carbons (Fsp3) is 0.0952. The molecule has 0 aliphatic carbocycles. The molecule has 1 amide bonds. The van der Waals surface area contributed by atoms with E-state index in [1.165, 1.54) is 17.6 Å². The second-order valence-electron chi connectivity index (χ2n) is 5.95. The summed E-state index contributed by atoms with van der Waals surface area (Å²) in [6, 6.07) is 18.2. The Hall–Kier alpha value is -3.45. The van der Waals surface area contributed by atoms with Crippen molar-refractivity contribution < 1.29 is 14.3 Å². The van der Waals surface area contributed by atoms with Gasteiger partial charge in [0.2, 0.25) is 0 Å². The van der Waals surface area contributed by atoms with Crippen molar-refractivity contribution in [3.63, 3.8) is 0 Å². The molecule has 6 nitrogen and oxygen atoms in total. The maximum Gasteiger partial charge on any atom is 0.353 e. The summed E-state index contributed by atoms with van der Waals surface area (Å²) in [6.45, 7) is 2.11. The zero-order chi connectivity index (χ0) is 19.8. The van der Waals surface area contributed by atoms with Crippen LogP contribution in [0.2, 0.25) is 0 Å². The lowest BCUT2D eigenvalue weighted by atomic mass is 10.2. The number of ether oxygens (including phenoxy) is 1. The molecule has 1 aromatic heterocycles. The summed E-state index contributed by atoms with van der Waals surface area (Å²) in [4.78, 5) is 24.4. The molecule has 0 bridgehead atoms. The van der Waals surface area contributed by atoms with Gasteiger partial charge in [0.15, 0.2) is 0 Å². The molecule has 3 rings (SSSR count). The number of anilines is 1. The van der Waals surface area contributed by atoms with Crippen LogP contribution in [0.4, 0.5) is 5.69 Å². The van der Waals surface area contributed by atoms with E-state index in [0.29, 0.717) is 16.2 Å². The number of nitrogens with one attached hydrogen (secondary N) is 2. The number of aryl methyl sites for hydroxylation is 1. The van der Waals surface area contributed by atoms with E-state index in [-0.39, 0.29) is 12.5 Å². The van der Waals surface area contributed by atoms with E-state index in [1.54, 1.807) is 36.4 Å². The number of thiophene rings is 1. The molecule has 0 unspecified atom stereocenters. The van der Waals surface area contributed by atoms with Gasteiger partial charge in [-0.1, -0.05) is 35.9 Å². The van der Waals surface area contributed by atoms with Gasteiger partial charge in [0.05, 0.1) is 12.8 Å². The van der Waals surface area contributed by atoms with Crippen molar-refractivity contribution in [1.82, 2.24) is 5.43 Å². The van der Waals surface area contributed by atoms with Crippen molar-refractivity contribution in [2.75, 3.05) is 11.9 Å². The van der Waals surface area contributed by atoms with Crippen molar-refractivity contribution in [3.8, 4) is 5.75 Å². The predicted molar refractivity (Wildman–Crippen MR) is 111 cm³/mol. The lowest BCUT2D eigenvalue weighted by molar-refractivity contribution is -0.119. The fourth-order valence-corrected chi connectivity index (χ4v) is 2.88. The lowest BCUT2D eigenvalue weighted by Gasteiger charge is -2.05. The molecular formula is C21H19N3O3S. The summed E-state index contributed by atoms with van der Waals surface area (Å²) >= 11 is 1.32. The summed E-state index contributed by atoms with van der Waals surface area (Å²) in [6.07, 6.45) is 1.49. The minimum Gasteiger partial charge on any atom is -0.422 e. The Morgan fingerprint density at radius 1 is 1.11 bits per heavy atom. The van der Waals surface area contributed by atoms with E-state index in [1.807, 2.05) is 36.6 Å². The van der Waals surface area contributed by atoms with Crippen molar-refractivity contribution in [1.29, 1.82) is 0 Å². The Morgan fingerprint density at radius 3 is 2.68 bits per heavy atom. The zero-order valence-corrected chi connectivity index (χ0v) is 16.0. The zero-order valence-electron chi connectivity index (χ0n) is 15.2. The van der Waals surface area contributed by atoms with Crippen molar-refractivity contribution in [2.24, 2.45) is 5.10 Å². The number of carbonyl (C=O) groups is 2. The normalized spacial score (nSPS) is 10.6. The van der Waals surface area contributed by atoms with Gasteiger partial charge in [-0.2, -0.15) is 5.10 Å². The first-order valence-corrected chi connectivity index (χ1v) is 9.46. The third-order valence-electron chi connectivity index (χ3n) is 3.70. The van der Waals surface area contributed by atoms with E-state index in [9.17, 15) is 9.59 Å². The van der Waals surface area contributed by atoms with E-state index in [4.69, 9.17) is 4.74 Å². The largest absolute Gasteiger partial charge is 0.422 e. The average molecular weight is 393 g/mol. The molecule has 0 saturated carbocycles. The van der Waals surface area contributed by atoms with Crippen LogP contribution in [0, 0.1) is 6.92 Å². The number of hydrogen-bond donors (Lipinski definition) is 2. The maximum atomic E-state index is 12.0. The van der Waals surface area contributed by atoms with Gasteiger partial charge in [-0.05, 0) is 48.2 Å². The van der Waals surface area contributed by atoms with Crippen molar-refractivity contribution in [3.05, 3.63) is 82.0 Å². The molecule has 28 heavy (non-hydrogen) atoms. The second kappa shape index (κ2) is 9.48. The van der Waals surface area contributed by atoms with Crippen LogP contribution in [0.15, 0.2) is 71.1 Å². The monoisotopic (exact) mass is 393 g/mol. The highest BCUT2D eigenvalue weighted by Gasteiger charge is 2.09. The number of carbonyl (C=O) groups excluding carboxylic acids is 2. The molecule has 0 radical (unpaired) electrons. The highest BCUT2D eigenvalue weighted by Crippen LogP contribution is 2.16. The average Bonchev–Trinajstić information content (AvgIpc) is 3.23. The van der Waals surface area contributed by atoms with E-state index in [0.717, 1.165) is 11.3 Å². The van der Waals surface area contributed by atoms with Crippen LogP contribution >= 0.6 is 11.3 Å². The molecule has 2 aromatic carbocycles. The van der Waals surface area contributed by atoms with Gasteiger partial charge >= 0.3 is 5.97 Å². The summed E-state index contributed by atoms with van der Waals surface area (Å²) in [5, 5.41) is 8.77. The number of amides is 1. The molecule has 7 heteroatoms. The first-order chi connectivity index (χ1) is 13.6. The standard InChI is InChI=1S/C21H19N3O3S/c1-15-7-9-17(10-8-15)22-14-20(25)24-23-13-16-4-2-5-18(12-16)27-21(26)19-6-3-11-28-19/h2-13,22H,14H2,1H3,(H,24,25)/b23-13-. The first kappa shape index (κ1) is 19.3. The second-order valence-corrected chi connectivity index (χ2v) is 6.90. The smallest absolute Gasteiger partial charge is 0.353 e. The van der Waals surface area contributed by atoms with Crippen LogP contribution in [0.1, 0.15) is 20.8 Å². The lowest BCUT2D eigenvalue weighted by Crippen LogP contribution is -2.25. The van der Waals surface area contributed by atoms with Crippen LogP contribution in [0.5, 0.6) is 5.75 Å². The molecular weight excluding hydrogens is 374 g/mol. The van der Waals surface area contributed by atoms with Crippen LogP contribution in [-0.2, 0) is 4.79 Å². The van der Waals surface area contributed by atoms with Crippen molar-refractivity contribution in [2.45, 2.75) is 6.92 Å². The molecule has 3 aromatic rings. The Labute approximate surface area is 166 Å². The quantitative estimate of drug-likeness (QED) is 0.277. The summed E-state index contributed by atoms with van der Waals surface area (Å²) < 4.78 is 5.34. The molecule has 0 aliphatic heterocycles. The number of rotatable bonds is 7. The summed E-state index contributed by atoms with van der Waals surface area (Å²) in [7, 11) is 0. The van der Waals surface area contributed by atoms with Crippen LogP contribution in [0.25, 0.3) is 0 Å². The van der Waals surface area contributed by atoms with E-state index in [2.05, 4.69) is 15.8 Å². The molecule has 0 spiro atoms. The highest BCUT2D eigenvalue weighted by atomic mass is 32.1. The summed E-state index contributed by atoms with van der Waals surface area (Å²) in [5.41, 5.74) is 5.18. The van der Waals surface area contributed by atoms with Gasteiger partial charge in [-0.25, -0.2) is 10.2 Å². The topological polar surface area (TPSA) is 79.8 Å². The Balaban J connectivity index is 1.49. The van der Waals surface area contributed by atoms with E-state index >= 15 is 0 Å². The van der Waals surface area contributed by atoms with Gasteiger partial charge in [0.25, 0.3) is 5.91 Å². The Kier molecular flexibility index (Phi) is 6.54. The molecule has 0 saturated heterocycles. The first-order valence-electron chi connectivity index (χ1n) is 8.58. The number of benzene rings is 2. The van der Waals surface area contributed by atoms with E-state index < -0.39 is 5.97 Å². The number of nitrogens with zero attached hydrogens (tertiary/aromatic N) is 1. The maximum absolute atomic E-state index is 12.0. The summed E-state index contributed by atoms with van der Waals surface area (Å²) in [5.74, 6) is -0.258. The molecule has 0 aliphatic rings. The molecule has 0 atom stereocenters. The fourth-order valence-electron chi connectivity index (χ4n) is 2.28. The SMILES string of the molecule is Cc1ccc(NCC(=O)N/N=C\c2cccc(OC(=O)c3cccs3)c2)cc1. The van der Waals surface area contributed by atoms with Gasteiger partial charge in [0, 0.05) is 5.69 Å². The highest BCUT2D eigenvalue weighted by molar-refractivity contribution is 7.12. The molecule has 1 heterocycles. The minimum absolute atomic E-state index is 0.110. The van der Waals surface area contributed by atoms with Gasteiger partial charge in [-0.15, -0.1) is 11.3 Å². The number of esters is 1.